The van der Waals surface area contributed by atoms with Crippen molar-refractivity contribution >= 4 is 23.2 Å². The summed E-state index contributed by atoms with van der Waals surface area (Å²) in [4.78, 5) is 21.5. The predicted octanol–water partition coefficient (Wildman–Crippen LogP) is 1.37. The van der Waals surface area contributed by atoms with Crippen LogP contribution in [-0.2, 0) is 13.6 Å². The molecule has 0 saturated heterocycles. The smallest absolute Gasteiger partial charge is 0.256 e. The fourth-order valence-corrected chi connectivity index (χ4v) is 3.58. The third kappa shape index (κ3) is 3.35. The molecule has 1 amide bonds. The molecule has 0 aromatic carbocycles. The molecule has 4 aromatic rings. The first kappa shape index (κ1) is 19.7. The number of carbonyl (C=O) groups excluding carboxylic acids is 1. The first-order chi connectivity index (χ1) is 15.4. The van der Waals surface area contributed by atoms with Crippen molar-refractivity contribution in [3.8, 4) is 17.0 Å². The summed E-state index contributed by atoms with van der Waals surface area (Å²) in [6, 6.07) is 1.34. The highest BCUT2D eigenvalue weighted by molar-refractivity contribution is 6.01. The molecular weight excluding hydrogens is 417 g/mol. The number of anilines is 2. The average Bonchev–Trinajstić information content (AvgIpc) is 3.38. The van der Waals surface area contributed by atoms with Gasteiger partial charge in [0.25, 0.3) is 5.91 Å². The maximum Gasteiger partial charge on any atom is 0.256 e. The van der Waals surface area contributed by atoms with Gasteiger partial charge in [-0.3, -0.25) is 9.48 Å². The van der Waals surface area contributed by atoms with Crippen molar-refractivity contribution in [2.24, 2.45) is 7.05 Å². The largest absolute Gasteiger partial charge is 0.473 e. The molecule has 0 radical (unpaired) electrons. The number of aromatic nitrogens is 6. The highest BCUT2D eigenvalue weighted by Gasteiger charge is 2.23. The molecule has 4 N–H and O–H groups in total. The lowest BCUT2D eigenvalue weighted by Gasteiger charge is -2.17. The maximum absolute atomic E-state index is 13.9. The highest BCUT2D eigenvalue weighted by Crippen LogP contribution is 2.34. The summed E-state index contributed by atoms with van der Waals surface area (Å²) >= 11 is 0. The van der Waals surface area contributed by atoms with E-state index in [0.717, 1.165) is 6.20 Å². The lowest BCUT2D eigenvalue weighted by atomic mass is 10.1. The van der Waals surface area contributed by atoms with Crippen LogP contribution in [0.5, 0.6) is 5.88 Å². The number of ether oxygens (including phenoxy) is 1. The summed E-state index contributed by atoms with van der Waals surface area (Å²) in [6.07, 6.45) is 5.53. The van der Waals surface area contributed by atoms with Gasteiger partial charge in [0.2, 0.25) is 5.88 Å². The van der Waals surface area contributed by atoms with Gasteiger partial charge in [0, 0.05) is 30.9 Å². The number of amides is 1. The van der Waals surface area contributed by atoms with Crippen LogP contribution in [-0.4, -0.2) is 47.9 Å². The molecule has 1 atom stereocenters. The maximum atomic E-state index is 13.9. The predicted molar refractivity (Wildman–Crippen MR) is 114 cm³/mol. The van der Waals surface area contributed by atoms with Crippen LogP contribution >= 0.6 is 0 Å². The van der Waals surface area contributed by atoms with E-state index in [1.165, 1.54) is 16.8 Å². The van der Waals surface area contributed by atoms with Crippen LogP contribution in [0.2, 0.25) is 0 Å². The third-order valence-corrected chi connectivity index (χ3v) is 5.12. The Labute approximate surface area is 181 Å². The first-order valence-electron chi connectivity index (χ1n) is 9.90. The molecule has 5 rings (SSSR count). The number of nitrogens with two attached hydrogens (primary N) is 1. The second-order valence-electron chi connectivity index (χ2n) is 7.53. The molecule has 4 aromatic heterocycles. The second-order valence-corrected chi connectivity index (χ2v) is 7.53. The van der Waals surface area contributed by atoms with Crippen LogP contribution in [0.4, 0.5) is 16.0 Å². The zero-order chi connectivity index (χ0) is 22.4. The van der Waals surface area contributed by atoms with E-state index in [0.29, 0.717) is 28.2 Å². The molecule has 0 unspecified atom stereocenters. The quantitative estimate of drug-likeness (QED) is 0.406. The summed E-state index contributed by atoms with van der Waals surface area (Å²) in [5.41, 5.74) is 8.77. The minimum absolute atomic E-state index is 0.160. The van der Waals surface area contributed by atoms with E-state index in [2.05, 4.69) is 30.8 Å². The van der Waals surface area contributed by atoms with Crippen molar-refractivity contribution in [2.75, 3.05) is 17.6 Å². The van der Waals surface area contributed by atoms with Gasteiger partial charge in [-0.25, -0.2) is 14.4 Å². The van der Waals surface area contributed by atoms with Gasteiger partial charge in [-0.05, 0) is 13.0 Å². The number of hydrogen-bond donors (Lipinski definition) is 3. The average molecular weight is 437 g/mol. The summed E-state index contributed by atoms with van der Waals surface area (Å²) in [7, 11) is 1.79. The number of nitrogens with zero attached hydrogens (tertiary/aromatic N) is 6. The molecule has 164 valence electrons. The Morgan fingerprint density at radius 2 is 2.09 bits per heavy atom. The number of aryl methyl sites for hydroxylation is 1. The molecule has 1 aliphatic rings. The molecule has 1 aliphatic heterocycles. The van der Waals surface area contributed by atoms with Crippen molar-refractivity contribution in [1.82, 2.24) is 34.7 Å². The lowest BCUT2D eigenvalue weighted by Crippen LogP contribution is -2.33. The van der Waals surface area contributed by atoms with E-state index < -0.39 is 11.9 Å². The molecule has 5 heterocycles. The van der Waals surface area contributed by atoms with Crippen molar-refractivity contribution < 1.29 is 13.9 Å². The van der Waals surface area contributed by atoms with Gasteiger partial charge in [-0.1, -0.05) is 0 Å². The first-order valence-corrected chi connectivity index (χ1v) is 9.90. The highest BCUT2D eigenvalue weighted by atomic mass is 19.1. The molecule has 0 aliphatic carbocycles. The molecule has 11 nitrogen and oxygen atoms in total. The monoisotopic (exact) mass is 437 g/mol. The van der Waals surface area contributed by atoms with Crippen LogP contribution in [0.3, 0.4) is 0 Å². The van der Waals surface area contributed by atoms with E-state index in [1.54, 1.807) is 31.0 Å². The number of pyridine rings is 1. The van der Waals surface area contributed by atoms with Gasteiger partial charge < -0.3 is 21.1 Å². The van der Waals surface area contributed by atoms with Gasteiger partial charge in [0.05, 0.1) is 30.7 Å². The van der Waals surface area contributed by atoms with Gasteiger partial charge >= 0.3 is 0 Å². The zero-order valence-electron chi connectivity index (χ0n) is 17.3. The van der Waals surface area contributed by atoms with Crippen LogP contribution < -0.4 is 21.1 Å². The number of nitrogens with one attached hydrogen (secondary N) is 2. The SMILES string of the molecule is C[C@H]1CNC(=O)c2cnn3c(N)c(-c4cnn(C)c4)c(nc23)NCc2cc(F)cnc2O1. The Morgan fingerprint density at radius 1 is 1.25 bits per heavy atom. The Morgan fingerprint density at radius 3 is 2.88 bits per heavy atom. The van der Waals surface area contributed by atoms with Crippen molar-refractivity contribution in [3.05, 3.63) is 47.8 Å². The molecule has 0 saturated carbocycles. The fraction of sp³-hybridized carbons (Fsp3) is 0.250. The van der Waals surface area contributed by atoms with E-state index in [4.69, 9.17) is 10.5 Å². The fourth-order valence-electron chi connectivity index (χ4n) is 3.58. The number of nitrogen functional groups attached to an aromatic ring is 1. The summed E-state index contributed by atoms with van der Waals surface area (Å²) < 4.78 is 22.8. The number of fused-ring (bicyclic) bond motifs is 2. The van der Waals surface area contributed by atoms with Crippen LogP contribution in [0.15, 0.2) is 30.9 Å². The summed E-state index contributed by atoms with van der Waals surface area (Å²) in [6.45, 7) is 2.15. The third-order valence-electron chi connectivity index (χ3n) is 5.12. The Hall–Kier alpha value is -4.22. The lowest BCUT2D eigenvalue weighted by molar-refractivity contribution is 0.0932. The number of hydrogen-bond acceptors (Lipinski definition) is 8. The van der Waals surface area contributed by atoms with E-state index in [9.17, 15) is 9.18 Å². The Kier molecular flexibility index (Phi) is 4.61. The molecule has 32 heavy (non-hydrogen) atoms. The zero-order valence-corrected chi connectivity index (χ0v) is 17.3. The molecule has 0 spiro atoms. The van der Waals surface area contributed by atoms with Crippen LogP contribution in [0, 0.1) is 5.82 Å². The topological polar surface area (TPSA) is 137 Å². The molecule has 0 fully saturated rings. The minimum Gasteiger partial charge on any atom is -0.473 e. The van der Waals surface area contributed by atoms with Gasteiger partial charge in [0.1, 0.15) is 29.1 Å². The summed E-state index contributed by atoms with van der Waals surface area (Å²) in [5.74, 6) is 0.0726. The van der Waals surface area contributed by atoms with E-state index in [1.807, 2.05) is 0 Å². The van der Waals surface area contributed by atoms with Crippen molar-refractivity contribution in [1.29, 1.82) is 0 Å². The van der Waals surface area contributed by atoms with Crippen molar-refractivity contribution in [3.63, 3.8) is 0 Å². The minimum atomic E-state index is -0.493. The molecular formula is C20H20FN9O2. The normalized spacial score (nSPS) is 16.3. The van der Waals surface area contributed by atoms with Crippen LogP contribution in [0.25, 0.3) is 16.8 Å². The van der Waals surface area contributed by atoms with Crippen LogP contribution in [0.1, 0.15) is 22.8 Å². The standard InChI is InChI=1S/C20H20FN9O2/c1-10-4-24-19(31)14-8-27-30-16(22)15(12-6-26-29(2)9-12)17(28-18(14)30)23-5-11-3-13(21)7-25-20(11)32-10/h3,6-10H,4-5,22H2,1-2H3,(H,23,28)(H,24,31)/t10-/m0/s1. The summed E-state index contributed by atoms with van der Waals surface area (Å²) in [5, 5.41) is 14.5. The van der Waals surface area contributed by atoms with Gasteiger partial charge in [-0.2, -0.15) is 14.7 Å². The molecule has 2 bridgehead atoms. The second kappa shape index (κ2) is 7.48. The molecule has 12 heteroatoms. The van der Waals surface area contributed by atoms with Crippen molar-refractivity contribution in [2.45, 2.75) is 19.6 Å². The number of rotatable bonds is 1. The van der Waals surface area contributed by atoms with E-state index >= 15 is 0 Å². The van der Waals surface area contributed by atoms with Gasteiger partial charge in [-0.15, -0.1) is 0 Å². The Balaban J connectivity index is 1.71. The van der Waals surface area contributed by atoms with Gasteiger partial charge in [0.15, 0.2) is 5.65 Å². The number of halogens is 1. The van der Waals surface area contributed by atoms with E-state index in [-0.39, 0.29) is 36.3 Å². The Bertz CT molecular complexity index is 1350. The number of carbonyl (C=O) groups is 1.